The third-order valence-corrected chi connectivity index (χ3v) is 2.83. The lowest BCUT2D eigenvalue weighted by Gasteiger charge is -2.19. The van der Waals surface area contributed by atoms with Gasteiger partial charge in [-0.1, -0.05) is 17.7 Å². The number of imidazole rings is 1. The van der Waals surface area contributed by atoms with Crippen molar-refractivity contribution < 1.29 is 9.53 Å². The zero-order chi connectivity index (χ0) is 16.2. The second-order valence-corrected chi connectivity index (χ2v) is 6.12. The van der Waals surface area contributed by atoms with Gasteiger partial charge in [0.2, 0.25) is 0 Å². The lowest BCUT2D eigenvalue weighted by molar-refractivity contribution is 0.0529. The van der Waals surface area contributed by atoms with Gasteiger partial charge in [0.15, 0.2) is 5.65 Å². The number of fused-ring (bicyclic) bond motifs is 1. The predicted octanol–water partition coefficient (Wildman–Crippen LogP) is 3.31. The lowest BCUT2D eigenvalue weighted by Crippen LogP contribution is -2.32. The maximum atomic E-state index is 11.5. The molecule has 0 aromatic carbocycles. The van der Waals surface area contributed by atoms with Crippen LogP contribution in [0.15, 0.2) is 24.4 Å². The van der Waals surface area contributed by atoms with E-state index in [2.05, 4.69) is 15.4 Å². The van der Waals surface area contributed by atoms with E-state index in [0.717, 1.165) is 11.3 Å². The van der Waals surface area contributed by atoms with Crippen LogP contribution in [0.4, 0.5) is 4.79 Å². The van der Waals surface area contributed by atoms with Crippen LogP contribution in [0.25, 0.3) is 11.7 Å². The van der Waals surface area contributed by atoms with Crippen molar-refractivity contribution in [2.45, 2.75) is 32.8 Å². The Labute approximate surface area is 134 Å². The molecule has 0 radical (unpaired) electrons. The van der Waals surface area contributed by atoms with E-state index in [0.29, 0.717) is 18.1 Å². The van der Waals surface area contributed by atoms with E-state index in [1.807, 2.05) is 32.9 Å². The van der Waals surface area contributed by atoms with E-state index in [1.165, 1.54) is 0 Å². The molecular weight excluding hydrogens is 304 g/mol. The van der Waals surface area contributed by atoms with Crippen molar-refractivity contribution in [2.75, 3.05) is 6.54 Å². The lowest BCUT2D eigenvalue weighted by atomic mass is 10.2. The minimum absolute atomic E-state index is 0.409. The topological polar surface area (TPSA) is 68.5 Å². The molecule has 0 saturated carbocycles. The van der Waals surface area contributed by atoms with E-state index in [-0.39, 0.29) is 0 Å². The minimum atomic E-state index is -0.485. The van der Waals surface area contributed by atoms with Gasteiger partial charge in [-0.05, 0) is 45.4 Å². The first kappa shape index (κ1) is 16.3. The normalized spacial score (nSPS) is 12.0. The summed E-state index contributed by atoms with van der Waals surface area (Å²) in [6.45, 7) is 5.98. The Morgan fingerprint density at radius 2 is 2.23 bits per heavy atom. The molecule has 0 saturated heterocycles. The van der Waals surface area contributed by atoms with Crippen LogP contribution in [0.2, 0.25) is 5.15 Å². The molecule has 118 valence electrons. The zero-order valence-corrected chi connectivity index (χ0v) is 13.6. The summed E-state index contributed by atoms with van der Waals surface area (Å²) in [5.41, 5.74) is 1.08. The van der Waals surface area contributed by atoms with Gasteiger partial charge < -0.3 is 10.1 Å². The molecule has 1 amide bonds. The quantitative estimate of drug-likeness (QED) is 0.877. The minimum Gasteiger partial charge on any atom is -0.444 e. The van der Waals surface area contributed by atoms with Gasteiger partial charge in [-0.15, -0.1) is 0 Å². The van der Waals surface area contributed by atoms with Crippen LogP contribution in [-0.4, -0.2) is 32.8 Å². The summed E-state index contributed by atoms with van der Waals surface area (Å²) in [4.78, 5) is 15.7. The number of carbonyl (C=O) groups excluding carboxylic acids is 1. The molecule has 2 rings (SSSR count). The number of nitrogens with zero attached hydrogens (tertiary/aromatic N) is 3. The molecule has 22 heavy (non-hydrogen) atoms. The Kier molecular flexibility index (Phi) is 5.03. The van der Waals surface area contributed by atoms with Crippen LogP contribution < -0.4 is 5.32 Å². The number of aromatic nitrogens is 3. The highest BCUT2D eigenvalue weighted by molar-refractivity contribution is 6.29. The number of hydrogen-bond acceptors (Lipinski definition) is 4. The van der Waals surface area contributed by atoms with Crippen molar-refractivity contribution in [1.29, 1.82) is 0 Å². The molecule has 0 bridgehead atoms. The molecule has 0 aliphatic carbocycles. The van der Waals surface area contributed by atoms with Crippen molar-refractivity contribution in [2.24, 2.45) is 0 Å². The van der Waals surface area contributed by atoms with Crippen molar-refractivity contribution >= 4 is 29.4 Å². The van der Waals surface area contributed by atoms with Crippen molar-refractivity contribution in [3.8, 4) is 0 Å². The second-order valence-electron chi connectivity index (χ2n) is 5.73. The highest BCUT2D eigenvalue weighted by atomic mass is 35.5. The first-order valence-corrected chi connectivity index (χ1v) is 7.37. The molecule has 0 aliphatic heterocycles. The monoisotopic (exact) mass is 322 g/mol. The molecule has 0 unspecified atom stereocenters. The SMILES string of the molecule is CC(C)(C)OC(=O)NCCC=Cc1cnc2ccc(Cl)nn12. The molecule has 7 heteroatoms. The van der Waals surface area contributed by atoms with Gasteiger partial charge in [0, 0.05) is 6.54 Å². The van der Waals surface area contributed by atoms with Crippen LogP contribution in [-0.2, 0) is 4.74 Å². The smallest absolute Gasteiger partial charge is 0.407 e. The first-order chi connectivity index (χ1) is 10.3. The Balaban J connectivity index is 1.85. The van der Waals surface area contributed by atoms with E-state index in [4.69, 9.17) is 16.3 Å². The fourth-order valence-corrected chi connectivity index (χ4v) is 1.90. The third-order valence-electron chi connectivity index (χ3n) is 2.62. The Morgan fingerprint density at radius 3 is 2.95 bits per heavy atom. The van der Waals surface area contributed by atoms with Gasteiger partial charge in [0.05, 0.1) is 11.9 Å². The number of amides is 1. The van der Waals surface area contributed by atoms with Crippen LogP contribution in [0.1, 0.15) is 32.9 Å². The standard InChI is InChI=1S/C15H19ClN4O2/c1-15(2,3)22-14(21)17-9-5-4-6-11-10-18-13-8-7-12(16)19-20(11)13/h4,6-8,10H,5,9H2,1-3H3,(H,17,21). The fraction of sp³-hybridized carbons (Fsp3) is 0.400. The summed E-state index contributed by atoms with van der Waals surface area (Å²) in [7, 11) is 0. The number of ether oxygens (including phenoxy) is 1. The van der Waals surface area contributed by atoms with Gasteiger partial charge >= 0.3 is 6.09 Å². The van der Waals surface area contributed by atoms with Gasteiger partial charge in [0.1, 0.15) is 10.8 Å². The number of carbonyl (C=O) groups is 1. The van der Waals surface area contributed by atoms with Crippen molar-refractivity contribution in [3.63, 3.8) is 0 Å². The maximum Gasteiger partial charge on any atom is 0.407 e. The Bertz CT molecular complexity index is 688. The summed E-state index contributed by atoms with van der Waals surface area (Å²) in [5.74, 6) is 0. The first-order valence-electron chi connectivity index (χ1n) is 6.99. The van der Waals surface area contributed by atoms with E-state index >= 15 is 0 Å². The zero-order valence-electron chi connectivity index (χ0n) is 12.8. The van der Waals surface area contributed by atoms with Crippen molar-refractivity contribution in [3.05, 3.63) is 35.3 Å². The van der Waals surface area contributed by atoms with Gasteiger partial charge in [-0.25, -0.2) is 14.3 Å². The Morgan fingerprint density at radius 1 is 1.45 bits per heavy atom. The van der Waals surface area contributed by atoms with E-state index in [1.54, 1.807) is 22.8 Å². The molecule has 6 nitrogen and oxygen atoms in total. The van der Waals surface area contributed by atoms with Gasteiger partial charge in [-0.2, -0.15) is 5.10 Å². The molecule has 0 atom stereocenters. The summed E-state index contributed by atoms with van der Waals surface area (Å²) < 4.78 is 6.81. The highest BCUT2D eigenvalue weighted by Crippen LogP contribution is 2.10. The average Bonchev–Trinajstić information content (AvgIpc) is 2.79. The summed E-state index contributed by atoms with van der Waals surface area (Å²) >= 11 is 5.87. The molecule has 0 spiro atoms. The molecule has 0 aliphatic rings. The highest BCUT2D eigenvalue weighted by Gasteiger charge is 2.15. The van der Waals surface area contributed by atoms with Crippen LogP contribution in [0.3, 0.4) is 0 Å². The molecule has 2 heterocycles. The van der Waals surface area contributed by atoms with Crippen molar-refractivity contribution in [1.82, 2.24) is 19.9 Å². The number of alkyl carbamates (subject to hydrolysis) is 1. The molecule has 0 fully saturated rings. The van der Waals surface area contributed by atoms with E-state index < -0.39 is 11.7 Å². The number of hydrogen-bond donors (Lipinski definition) is 1. The van der Waals surface area contributed by atoms with Crippen LogP contribution in [0, 0.1) is 0 Å². The average molecular weight is 323 g/mol. The maximum absolute atomic E-state index is 11.5. The van der Waals surface area contributed by atoms with Gasteiger partial charge in [0.25, 0.3) is 0 Å². The largest absolute Gasteiger partial charge is 0.444 e. The molecule has 2 aromatic heterocycles. The fourth-order valence-electron chi connectivity index (χ4n) is 1.76. The van der Waals surface area contributed by atoms with Gasteiger partial charge in [-0.3, -0.25) is 0 Å². The van der Waals surface area contributed by atoms with Crippen LogP contribution in [0.5, 0.6) is 0 Å². The number of halogens is 1. The molecular formula is C15H19ClN4O2. The number of nitrogens with one attached hydrogen (secondary N) is 1. The molecule has 1 N–H and O–H groups in total. The second kappa shape index (κ2) is 6.79. The summed E-state index contributed by atoms with van der Waals surface area (Å²) in [6.07, 6.45) is 5.80. The summed E-state index contributed by atoms with van der Waals surface area (Å²) in [6, 6.07) is 3.50. The predicted molar refractivity (Wildman–Crippen MR) is 85.9 cm³/mol. The number of rotatable bonds is 4. The third kappa shape index (κ3) is 4.73. The Hall–Kier alpha value is -2.08. The summed E-state index contributed by atoms with van der Waals surface area (Å²) in [5, 5.41) is 7.28. The van der Waals surface area contributed by atoms with Crippen LogP contribution >= 0.6 is 11.6 Å². The van der Waals surface area contributed by atoms with E-state index in [9.17, 15) is 4.79 Å². The molecule has 2 aromatic rings.